The van der Waals surface area contributed by atoms with E-state index in [4.69, 9.17) is 18.9 Å². The Bertz CT molecular complexity index is 810. The van der Waals surface area contributed by atoms with Gasteiger partial charge in [-0.2, -0.15) is 0 Å². The molecule has 4 rings (SSSR count). The molecule has 0 bridgehead atoms. The van der Waals surface area contributed by atoms with Crippen LogP contribution in [0.25, 0.3) is 0 Å². The van der Waals surface area contributed by atoms with Crippen molar-refractivity contribution in [3.63, 3.8) is 0 Å². The zero-order valence-electron chi connectivity index (χ0n) is 17.3. The highest BCUT2D eigenvalue weighted by Crippen LogP contribution is 2.35. The van der Waals surface area contributed by atoms with Crippen LogP contribution in [0, 0.1) is 0 Å². The SMILES string of the molecule is CC(C)(c1ccc(OCC2CO2)cc1)c1ccc(OCC2CO2)c(CCC[Si])c1. The van der Waals surface area contributed by atoms with E-state index in [2.05, 4.69) is 66.6 Å². The summed E-state index contributed by atoms with van der Waals surface area (Å²) in [6, 6.07) is 16.0. The molecular formula is C24H29O4Si. The zero-order chi connectivity index (χ0) is 20.3. The molecule has 2 aliphatic rings. The number of hydrogen-bond acceptors (Lipinski definition) is 4. The third kappa shape index (κ3) is 5.41. The second-order valence-corrected chi connectivity index (χ2v) is 8.86. The van der Waals surface area contributed by atoms with Crippen LogP contribution in [0.2, 0.25) is 6.04 Å². The summed E-state index contributed by atoms with van der Waals surface area (Å²) in [6.07, 6.45) is 2.61. The molecule has 0 spiro atoms. The number of benzene rings is 2. The molecule has 153 valence electrons. The number of aryl methyl sites for hydroxylation is 1. The summed E-state index contributed by atoms with van der Waals surface area (Å²) in [5.74, 6) is 1.87. The second kappa shape index (κ2) is 8.90. The van der Waals surface area contributed by atoms with E-state index in [-0.39, 0.29) is 17.6 Å². The van der Waals surface area contributed by atoms with Crippen LogP contribution in [0.3, 0.4) is 0 Å². The van der Waals surface area contributed by atoms with Crippen molar-refractivity contribution in [2.24, 2.45) is 0 Å². The first-order valence-corrected chi connectivity index (χ1v) is 11.1. The molecule has 0 N–H and O–H groups in total. The summed E-state index contributed by atoms with van der Waals surface area (Å²) in [5, 5.41) is 0. The van der Waals surface area contributed by atoms with Crippen molar-refractivity contribution in [3.8, 4) is 11.5 Å². The van der Waals surface area contributed by atoms with Crippen LogP contribution in [0.4, 0.5) is 0 Å². The van der Waals surface area contributed by atoms with Crippen LogP contribution >= 0.6 is 0 Å². The molecule has 2 aliphatic heterocycles. The van der Waals surface area contributed by atoms with Crippen molar-refractivity contribution in [1.29, 1.82) is 0 Å². The minimum absolute atomic E-state index is 0.112. The van der Waals surface area contributed by atoms with Crippen molar-refractivity contribution in [2.45, 2.75) is 50.4 Å². The molecule has 2 heterocycles. The largest absolute Gasteiger partial charge is 0.491 e. The van der Waals surface area contributed by atoms with Gasteiger partial charge >= 0.3 is 0 Å². The molecule has 29 heavy (non-hydrogen) atoms. The molecule has 2 aromatic carbocycles. The monoisotopic (exact) mass is 409 g/mol. The first kappa shape index (κ1) is 20.4. The Morgan fingerprint density at radius 1 is 0.931 bits per heavy atom. The van der Waals surface area contributed by atoms with Crippen molar-refractivity contribution in [1.82, 2.24) is 0 Å². The first-order valence-electron chi connectivity index (χ1n) is 10.4. The van der Waals surface area contributed by atoms with Gasteiger partial charge in [-0.15, -0.1) is 0 Å². The lowest BCUT2D eigenvalue weighted by atomic mass is 9.77. The molecule has 2 aromatic rings. The van der Waals surface area contributed by atoms with Gasteiger partial charge in [-0.1, -0.05) is 50.6 Å². The van der Waals surface area contributed by atoms with Gasteiger partial charge in [0, 0.05) is 15.7 Å². The van der Waals surface area contributed by atoms with Crippen LogP contribution in [0.5, 0.6) is 11.5 Å². The smallest absolute Gasteiger partial charge is 0.122 e. The van der Waals surface area contributed by atoms with Crippen LogP contribution in [-0.2, 0) is 21.3 Å². The molecule has 2 unspecified atom stereocenters. The number of ether oxygens (including phenoxy) is 4. The average Bonchev–Trinajstić information content (AvgIpc) is 3.64. The number of epoxide rings is 2. The second-order valence-electron chi connectivity index (χ2n) is 8.36. The average molecular weight is 410 g/mol. The molecule has 4 nitrogen and oxygen atoms in total. The van der Waals surface area contributed by atoms with Gasteiger partial charge in [0.2, 0.25) is 0 Å². The number of hydrogen-bond donors (Lipinski definition) is 0. The third-order valence-electron chi connectivity index (χ3n) is 5.65. The van der Waals surface area contributed by atoms with E-state index in [1.807, 2.05) is 0 Å². The molecule has 2 saturated heterocycles. The molecule has 0 saturated carbocycles. The predicted octanol–water partition coefficient (Wildman–Crippen LogP) is 4.09. The highest BCUT2D eigenvalue weighted by Gasteiger charge is 2.27. The fourth-order valence-electron chi connectivity index (χ4n) is 3.42. The lowest BCUT2D eigenvalue weighted by molar-refractivity contribution is 0.261. The van der Waals surface area contributed by atoms with Gasteiger partial charge in [0.15, 0.2) is 0 Å². The fourth-order valence-corrected chi connectivity index (χ4v) is 3.59. The molecule has 0 amide bonds. The van der Waals surface area contributed by atoms with Gasteiger partial charge in [0.05, 0.1) is 13.2 Å². The Morgan fingerprint density at radius 2 is 1.55 bits per heavy atom. The van der Waals surface area contributed by atoms with Gasteiger partial charge in [-0.3, -0.25) is 0 Å². The van der Waals surface area contributed by atoms with Crippen LogP contribution < -0.4 is 9.47 Å². The summed E-state index contributed by atoms with van der Waals surface area (Å²) >= 11 is 0. The van der Waals surface area contributed by atoms with Gasteiger partial charge in [-0.25, -0.2) is 0 Å². The summed E-state index contributed by atoms with van der Waals surface area (Å²) < 4.78 is 22.3. The topological polar surface area (TPSA) is 43.5 Å². The minimum atomic E-state index is -0.112. The van der Waals surface area contributed by atoms with E-state index in [1.54, 1.807) is 0 Å². The molecule has 0 aliphatic carbocycles. The van der Waals surface area contributed by atoms with Crippen LogP contribution in [0.1, 0.15) is 37.0 Å². The van der Waals surface area contributed by atoms with E-state index >= 15 is 0 Å². The summed E-state index contributed by atoms with van der Waals surface area (Å²) in [5.41, 5.74) is 3.70. The molecule has 2 fully saturated rings. The van der Waals surface area contributed by atoms with E-state index in [0.717, 1.165) is 43.6 Å². The maximum Gasteiger partial charge on any atom is 0.122 e. The maximum atomic E-state index is 6.03. The van der Waals surface area contributed by atoms with Crippen molar-refractivity contribution >= 4 is 10.2 Å². The van der Waals surface area contributed by atoms with E-state index < -0.39 is 0 Å². The lowest BCUT2D eigenvalue weighted by Gasteiger charge is -2.27. The van der Waals surface area contributed by atoms with Crippen LogP contribution in [0.15, 0.2) is 42.5 Å². The highest BCUT2D eigenvalue weighted by atomic mass is 28.1. The fraction of sp³-hybridized carbons (Fsp3) is 0.500. The van der Waals surface area contributed by atoms with Gasteiger partial charge in [0.25, 0.3) is 0 Å². The standard InChI is InChI=1S/C24H29O4Si/c1-24(2,18-5-8-20(9-6-18)25-13-21-14-26-21)19-7-10-23(28-16-22-15-27-22)17(12-19)4-3-11-29/h5-10,12,21-22H,3-4,11,13-16H2,1-2H3. The van der Waals surface area contributed by atoms with Crippen molar-refractivity contribution in [3.05, 3.63) is 59.2 Å². The third-order valence-corrected chi connectivity index (χ3v) is 6.00. The minimum Gasteiger partial charge on any atom is -0.491 e. The molecule has 5 heteroatoms. The predicted molar refractivity (Wildman–Crippen MR) is 114 cm³/mol. The van der Waals surface area contributed by atoms with Gasteiger partial charge in [0.1, 0.15) is 36.9 Å². The van der Waals surface area contributed by atoms with E-state index in [1.165, 1.54) is 16.7 Å². The van der Waals surface area contributed by atoms with E-state index in [9.17, 15) is 0 Å². The van der Waals surface area contributed by atoms with E-state index in [0.29, 0.717) is 13.2 Å². The Kier molecular flexibility index (Phi) is 6.28. The lowest BCUT2D eigenvalue weighted by Crippen LogP contribution is -2.19. The Hall–Kier alpha value is -1.82. The first-order chi connectivity index (χ1) is 14.1. The molecule has 0 aromatic heterocycles. The normalized spacial score (nSPS) is 20.4. The highest BCUT2D eigenvalue weighted by molar-refractivity contribution is 6.08. The van der Waals surface area contributed by atoms with Crippen LogP contribution in [-0.4, -0.2) is 48.9 Å². The quantitative estimate of drug-likeness (QED) is 0.414. The Balaban J connectivity index is 1.50. The maximum absolute atomic E-state index is 6.03. The van der Waals surface area contributed by atoms with Crippen molar-refractivity contribution in [2.75, 3.05) is 26.4 Å². The summed E-state index contributed by atoms with van der Waals surface area (Å²) in [7, 11) is 3.60. The number of rotatable bonds is 11. The van der Waals surface area contributed by atoms with Gasteiger partial charge < -0.3 is 18.9 Å². The molecule has 3 radical (unpaired) electrons. The molecule has 2 atom stereocenters. The van der Waals surface area contributed by atoms with Gasteiger partial charge in [-0.05, 0) is 41.3 Å². The molecular weight excluding hydrogens is 380 g/mol. The van der Waals surface area contributed by atoms with Crippen molar-refractivity contribution < 1.29 is 18.9 Å². The Morgan fingerprint density at radius 3 is 2.17 bits per heavy atom. The Labute approximate surface area is 176 Å². The summed E-state index contributed by atoms with van der Waals surface area (Å²) in [4.78, 5) is 0. The summed E-state index contributed by atoms with van der Waals surface area (Å²) in [6.45, 7) is 7.43. The zero-order valence-corrected chi connectivity index (χ0v) is 18.3.